The molecule has 2 N–H and O–H groups in total. The van der Waals surface area contributed by atoms with E-state index in [0.29, 0.717) is 6.54 Å². The molecule has 0 amide bonds. The summed E-state index contributed by atoms with van der Waals surface area (Å²) >= 11 is 6.21. The molecule has 0 radical (unpaired) electrons. The van der Waals surface area contributed by atoms with Crippen LogP contribution in [0.15, 0.2) is 24.8 Å². The second kappa shape index (κ2) is 4.83. The van der Waals surface area contributed by atoms with Gasteiger partial charge in [0.2, 0.25) is 0 Å². The minimum Gasteiger partial charge on any atom is -0.330 e. The third kappa shape index (κ3) is 2.41. The molecule has 1 aliphatic rings. The Morgan fingerprint density at radius 1 is 1.35 bits per heavy atom. The molecule has 1 aromatic carbocycles. The van der Waals surface area contributed by atoms with Crippen molar-refractivity contribution in [3.05, 3.63) is 40.9 Å². The van der Waals surface area contributed by atoms with Crippen molar-refractivity contribution in [2.24, 2.45) is 5.73 Å². The van der Waals surface area contributed by atoms with Gasteiger partial charge in [0.15, 0.2) is 0 Å². The maximum atomic E-state index is 6.21. The van der Waals surface area contributed by atoms with E-state index >= 15 is 0 Å². The van der Waals surface area contributed by atoms with Crippen molar-refractivity contribution in [3.8, 4) is 0 Å². The lowest BCUT2D eigenvalue weighted by molar-refractivity contribution is 0.453. The van der Waals surface area contributed by atoms with E-state index < -0.39 is 0 Å². The van der Waals surface area contributed by atoms with E-state index in [1.807, 2.05) is 13.0 Å². The number of nitrogens with two attached hydrogens (primary N) is 1. The quantitative estimate of drug-likeness (QED) is 0.856. The van der Waals surface area contributed by atoms with Crippen LogP contribution in [-0.4, -0.2) is 6.54 Å². The first kappa shape index (κ1) is 12.7. The fourth-order valence-corrected chi connectivity index (χ4v) is 3.04. The Morgan fingerprint density at radius 2 is 2.00 bits per heavy atom. The molecule has 1 saturated carbocycles. The second-order valence-electron chi connectivity index (χ2n) is 5.20. The van der Waals surface area contributed by atoms with Crippen molar-refractivity contribution >= 4 is 17.2 Å². The van der Waals surface area contributed by atoms with Crippen LogP contribution in [0.2, 0.25) is 5.02 Å². The highest BCUT2D eigenvalue weighted by Gasteiger charge is 2.34. The Labute approximate surface area is 109 Å². The zero-order chi connectivity index (χ0) is 12.5. The number of hydrogen-bond donors (Lipinski definition) is 1. The SMILES string of the molecule is C=C(C)c1cc(Cl)cc(C2(CN)CCCC2)c1. The molecule has 2 heteroatoms. The van der Waals surface area contributed by atoms with Crippen LogP contribution in [0.4, 0.5) is 0 Å². The van der Waals surface area contributed by atoms with Crippen LogP contribution >= 0.6 is 11.6 Å². The van der Waals surface area contributed by atoms with E-state index in [1.165, 1.54) is 31.2 Å². The number of benzene rings is 1. The summed E-state index contributed by atoms with van der Waals surface area (Å²) in [6.45, 7) is 6.72. The standard InChI is InChI=1S/C15H20ClN/c1-11(2)12-7-13(9-14(16)8-12)15(10-17)5-3-4-6-15/h7-9H,1,3-6,10,17H2,2H3. The minimum atomic E-state index is 0.148. The van der Waals surface area contributed by atoms with Gasteiger partial charge >= 0.3 is 0 Å². The van der Waals surface area contributed by atoms with E-state index in [0.717, 1.165) is 16.2 Å². The predicted octanol–water partition coefficient (Wildman–Crippen LogP) is 4.14. The molecule has 0 bridgehead atoms. The average molecular weight is 250 g/mol. The van der Waals surface area contributed by atoms with E-state index in [9.17, 15) is 0 Å². The fraction of sp³-hybridized carbons (Fsp3) is 0.467. The Kier molecular flexibility index (Phi) is 3.60. The molecule has 0 atom stereocenters. The highest BCUT2D eigenvalue weighted by atomic mass is 35.5. The van der Waals surface area contributed by atoms with Crippen LogP contribution in [0.25, 0.3) is 5.57 Å². The molecule has 1 fully saturated rings. The molecule has 92 valence electrons. The zero-order valence-electron chi connectivity index (χ0n) is 10.4. The van der Waals surface area contributed by atoms with Gasteiger partial charge in [-0.3, -0.25) is 0 Å². The van der Waals surface area contributed by atoms with Crippen LogP contribution < -0.4 is 5.73 Å². The lowest BCUT2D eigenvalue weighted by Crippen LogP contribution is -2.32. The Morgan fingerprint density at radius 3 is 2.53 bits per heavy atom. The van der Waals surface area contributed by atoms with Gasteiger partial charge < -0.3 is 5.73 Å². The van der Waals surface area contributed by atoms with E-state index in [-0.39, 0.29) is 5.41 Å². The van der Waals surface area contributed by atoms with Crippen molar-refractivity contribution < 1.29 is 0 Å². The van der Waals surface area contributed by atoms with E-state index in [1.54, 1.807) is 0 Å². The summed E-state index contributed by atoms with van der Waals surface area (Å²) in [5.74, 6) is 0. The summed E-state index contributed by atoms with van der Waals surface area (Å²) < 4.78 is 0. The maximum Gasteiger partial charge on any atom is 0.0415 e. The monoisotopic (exact) mass is 249 g/mol. The second-order valence-corrected chi connectivity index (χ2v) is 5.64. The van der Waals surface area contributed by atoms with Gasteiger partial charge in [0.1, 0.15) is 0 Å². The van der Waals surface area contributed by atoms with Gasteiger partial charge in [0.25, 0.3) is 0 Å². The molecule has 0 aromatic heterocycles. The first-order valence-electron chi connectivity index (χ1n) is 6.24. The molecule has 0 unspecified atom stereocenters. The van der Waals surface area contributed by atoms with Crippen molar-refractivity contribution in [1.82, 2.24) is 0 Å². The van der Waals surface area contributed by atoms with Gasteiger partial charge in [-0.2, -0.15) is 0 Å². The molecule has 17 heavy (non-hydrogen) atoms. The van der Waals surface area contributed by atoms with Crippen molar-refractivity contribution in [1.29, 1.82) is 0 Å². The Hall–Kier alpha value is -0.790. The molecule has 1 nitrogen and oxygen atoms in total. The molecule has 2 rings (SSSR count). The van der Waals surface area contributed by atoms with Crippen LogP contribution in [-0.2, 0) is 5.41 Å². The summed E-state index contributed by atoms with van der Waals surface area (Å²) in [4.78, 5) is 0. The average Bonchev–Trinajstić information content (AvgIpc) is 2.78. The number of allylic oxidation sites excluding steroid dienone is 1. The third-order valence-electron chi connectivity index (χ3n) is 3.95. The van der Waals surface area contributed by atoms with Crippen LogP contribution in [0, 0.1) is 0 Å². The smallest absolute Gasteiger partial charge is 0.0415 e. The number of rotatable bonds is 3. The molecule has 0 saturated heterocycles. The lowest BCUT2D eigenvalue weighted by atomic mass is 9.78. The normalized spacial score (nSPS) is 18.3. The van der Waals surface area contributed by atoms with E-state index in [4.69, 9.17) is 17.3 Å². The first-order chi connectivity index (χ1) is 8.07. The minimum absolute atomic E-state index is 0.148. The van der Waals surface area contributed by atoms with Gasteiger partial charge in [-0.05, 0) is 43.0 Å². The van der Waals surface area contributed by atoms with Gasteiger partial charge in [0.05, 0.1) is 0 Å². The van der Waals surface area contributed by atoms with Gasteiger partial charge in [-0.25, -0.2) is 0 Å². The number of hydrogen-bond acceptors (Lipinski definition) is 1. The zero-order valence-corrected chi connectivity index (χ0v) is 11.2. The number of halogens is 1. The fourth-order valence-electron chi connectivity index (χ4n) is 2.80. The van der Waals surface area contributed by atoms with Crippen molar-refractivity contribution in [3.63, 3.8) is 0 Å². The molecular formula is C15H20ClN. The highest BCUT2D eigenvalue weighted by molar-refractivity contribution is 6.30. The van der Waals surface area contributed by atoms with Crippen molar-refractivity contribution in [2.45, 2.75) is 38.0 Å². The molecule has 0 heterocycles. The largest absolute Gasteiger partial charge is 0.330 e. The van der Waals surface area contributed by atoms with Crippen LogP contribution in [0.1, 0.15) is 43.7 Å². The third-order valence-corrected chi connectivity index (χ3v) is 4.17. The summed E-state index contributed by atoms with van der Waals surface area (Å²) in [5, 5.41) is 0.792. The van der Waals surface area contributed by atoms with E-state index in [2.05, 4.69) is 18.7 Å². The molecular weight excluding hydrogens is 230 g/mol. The van der Waals surface area contributed by atoms with Gasteiger partial charge in [-0.1, -0.05) is 42.7 Å². The first-order valence-corrected chi connectivity index (χ1v) is 6.62. The summed E-state index contributed by atoms with van der Waals surface area (Å²) in [6, 6.07) is 6.27. The highest BCUT2D eigenvalue weighted by Crippen LogP contribution is 2.41. The predicted molar refractivity (Wildman–Crippen MR) is 75.4 cm³/mol. The lowest BCUT2D eigenvalue weighted by Gasteiger charge is -2.28. The molecule has 1 aromatic rings. The van der Waals surface area contributed by atoms with Gasteiger partial charge in [0, 0.05) is 17.0 Å². The topological polar surface area (TPSA) is 26.0 Å². The molecule has 1 aliphatic carbocycles. The summed E-state index contributed by atoms with van der Waals surface area (Å²) in [7, 11) is 0. The molecule has 0 spiro atoms. The van der Waals surface area contributed by atoms with Crippen LogP contribution in [0.3, 0.4) is 0 Å². The summed E-state index contributed by atoms with van der Waals surface area (Å²) in [5.41, 5.74) is 9.64. The van der Waals surface area contributed by atoms with Crippen molar-refractivity contribution in [2.75, 3.05) is 6.54 Å². The molecule has 0 aliphatic heterocycles. The van der Waals surface area contributed by atoms with Gasteiger partial charge in [-0.15, -0.1) is 0 Å². The summed E-state index contributed by atoms with van der Waals surface area (Å²) in [6.07, 6.45) is 4.90. The Balaban J connectivity index is 2.47. The van der Waals surface area contributed by atoms with Crippen LogP contribution in [0.5, 0.6) is 0 Å². The maximum absolute atomic E-state index is 6.21. The Bertz CT molecular complexity index is 431.